The summed E-state index contributed by atoms with van der Waals surface area (Å²) in [7, 11) is 1.68. The summed E-state index contributed by atoms with van der Waals surface area (Å²) in [6.07, 6.45) is 1.44. The van der Waals surface area contributed by atoms with Crippen molar-refractivity contribution in [3.05, 3.63) is 18.0 Å². The number of hydrogen-bond acceptors (Lipinski definition) is 4. The van der Waals surface area contributed by atoms with E-state index >= 15 is 0 Å². The third-order valence-corrected chi connectivity index (χ3v) is 1.97. The second kappa shape index (κ2) is 4.04. The Bertz CT molecular complexity index is 271. The van der Waals surface area contributed by atoms with Crippen LogP contribution in [0.4, 0.5) is 0 Å². The number of likely N-dealkylation sites (N-methyl/N-ethyl adjacent to an activating group) is 1. The van der Waals surface area contributed by atoms with Crippen molar-refractivity contribution in [3.63, 3.8) is 0 Å². The van der Waals surface area contributed by atoms with Crippen LogP contribution in [0.25, 0.3) is 0 Å². The van der Waals surface area contributed by atoms with Gasteiger partial charge < -0.3 is 15.2 Å². The molecule has 0 saturated heterocycles. The van der Waals surface area contributed by atoms with E-state index in [0.29, 0.717) is 6.54 Å². The number of nitrogens with two attached hydrogens (primary N) is 1. The molecule has 0 spiro atoms. The molecule has 0 bridgehead atoms. The number of nitrogens with zero attached hydrogens (tertiary/aromatic N) is 2. The third-order valence-electron chi connectivity index (χ3n) is 1.97. The molecule has 0 fully saturated rings. The molecule has 1 rings (SSSR count). The lowest BCUT2D eigenvalue weighted by atomic mass is 10.3. The number of carbonyl (C=O) groups is 1. The Morgan fingerprint density at radius 1 is 1.85 bits per heavy atom. The smallest absolute Gasteiger partial charge is 0.292 e. The first-order valence-corrected chi connectivity index (χ1v) is 4.04. The standard InChI is InChI=1S/C8H13N3O2/c1-6(5-9)11(2)8(12)7-3-4-10-13-7/h3-4,6H,5,9H2,1-2H3. The van der Waals surface area contributed by atoms with Gasteiger partial charge in [0.15, 0.2) is 0 Å². The average Bonchev–Trinajstić information content (AvgIpc) is 2.67. The quantitative estimate of drug-likeness (QED) is 0.721. The van der Waals surface area contributed by atoms with Crippen LogP contribution >= 0.6 is 0 Å². The van der Waals surface area contributed by atoms with Gasteiger partial charge in [0.2, 0.25) is 5.76 Å². The average molecular weight is 183 g/mol. The van der Waals surface area contributed by atoms with E-state index in [1.54, 1.807) is 7.05 Å². The van der Waals surface area contributed by atoms with Crippen LogP contribution in [0.5, 0.6) is 0 Å². The summed E-state index contributed by atoms with van der Waals surface area (Å²) in [5, 5.41) is 3.46. The minimum absolute atomic E-state index is 0.00222. The number of carbonyl (C=O) groups excluding carboxylic acids is 1. The Balaban J connectivity index is 2.68. The molecule has 0 aromatic carbocycles. The molecule has 0 radical (unpaired) electrons. The second-order valence-electron chi connectivity index (χ2n) is 2.88. The minimum Gasteiger partial charge on any atom is -0.351 e. The van der Waals surface area contributed by atoms with Gasteiger partial charge in [-0.05, 0) is 6.92 Å². The highest BCUT2D eigenvalue weighted by Gasteiger charge is 2.18. The zero-order valence-electron chi connectivity index (χ0n) is 7.73. The van der Waals surface area contributed by atoms with Gasteiger partial charge in [-0.15, -0.1) is 0 Å². The fourth-order valence-corrected chi connectivity index (χ4v) is 0.858. The van der Waals surface area contributed by atoms with Gasteiger partial charge in [-0.25, -0.2) is 0 Å². The van der Waals surface area contributed by atoms with Crippen molar-refractivity contribution in [2.45, 2.75) is 13.0 Å². The fraction of sp³-hybridized carbons (Fsp3) is 0.500. The molecule has 1 aromatic rings. The molecule has 1 amide bonds. The van der Waals surface area contributed by atoms with Gasteiger partial charge in [0.25, 0.3) is 5.91 Å². The van der Waals surface area contributed by atoms with E-state index in [4.69, 9.17) is 10.3 Å². The molecule has 72 valence electrons. The van der Waals surface area contributed by atoms with Gasteiger partial charge in [-0.1, -0.05) is 5.16 Å². The summed E-state index contributed by atoms with van der Waals surface area (Å²) in [6.45, 7) is 2.30. The van der Waals surface area contributed by atoms with Crippen LogP contribution in [0.15, 0.2) is 16.8 Å². The van der Waals surface area contributed by atoms with Gasteiger partial charge in [0, 0.05) is 25.7 Å². The fourth-order valence-electron chi connectivity index (χ4n) is 0.858. The van der Waals surface area contributed by atoms with E-state index in [2.05, 4.69) is 5.16 Å². The molecular weight excluding hydrogens is 170 g/mol. The molecule has 0 aliphatic carbocycles. The number of rotatable bonds is 3. The van der Waals surface area contributed by atoms with E-state index in [-0.39, 0.29) is 17.7 Å². The molecule has 13 heavy (non-hydrogen) atoms. The number of amides is 1. The highest BCUT2D eigenvalue weighted by atomic mass is 16.5. The summed E-state index contributed by atoms with van der Waals surface area (Å²) >= 11 is 0. The summed E-state index contributed by atoms with van der Waals surface area (Å²) in [5.74, 6) is 0.0400. The summed E-state index contributed by atoms with van der Waals surface area (Å²) in [5.41, 5.74) is 5.42. The van der Waals surface area contributed by atoms with E-state index < -0.39 is 0 Å². The number of aromatic nitrogens is 1. The van der Waals surface area contributed by atoms with Gasteiger partial charge >= 0.3 is 0 Å². The predicted octanol–water partition coefficient (Wildman–Crippen LogP) is 0.0938. The Kier molecular flexibility index (Phi) is 3.02. The van der Waals surface area contributed by atoms with E-state index in [1.807, 2.05) is 6.92 Å². The van der Waals surface area contributed by atoms with Crippen LogP contribution in [0.1, 0.15) is 17.5 Å². The van der Waals surface area contributed by atoms with Gasteiger partial charge in [0.1, 0.15) is 0 Å². The van der Waals surface area contributed by atoms with Crippen molar-refractivity contribution >= 4 is 5.91 Å². The molecule has 5 nitrogen and oxygen atoms in total. The van der Waals surface area contributed by atoms with Gasteiger partial charge in [-0.2, -0.15) is 0 Å². The highest BCUT2D eigenvalue weighted by molar-refractivity contribution is 5.91. The van der Waals surface area contributed by atoms with Crippen LogP contribution in [0.3, 0.4) is 0 Å². The third kappa shape index (κ3) is 2.06. The summed E-state index contributed by atoms with van der Waals surface area (Å²) < 4.78 is 4.73. The maximum absolute atomic E-state index is 11.5. The SMILES string of the molecule is CC(CN)N(C)C(=O)c1ccno1. The summed E-state index contributed by atoms with van der Waals surface area (Å²) in [6, 6.07) is 1.53. The topological polar surface area (TPSA) is 72.4 Å². The lowest BCUT2D eigenvalue weighted by Gasteiger charge is -2.21. The van der Waals surface area contributed by atoms with Crippen molar-refractivity contribution in [2.24, 2.45) is 5.73 Å². The number of hydrogen-bond donors (Lipinski definition) is 1. The van der Waals surface area contributed by atoms with Gasteiger partial charge in [0.05, 0.1) is 6.20 Å². The van der Waals surface area contributed by atoms with E-state index in [0.717, 1.165) is 0 Å². The maximum Gasteiger partial charge on any atom is 0.292 e. The van der Waals surface area contributed by atoms with Crippen LogP contribution in [-0.2, 0) is 0 Å². The Morgan fingerprint density at radius 2 is 2.54 bits per heavy atom. The zero-order valence-corrected chi connectivity index (χ0v) is 7.73. The maximum atomic E-state index is 11.5. The molecule has 0 saturated carbocycles. The van der Waals surface area contributed by atoms with Crippen LogP contribution in [0, 0.1) is 0 Å². The molecular formula is C8H13N3O2. The Labute approximate surface area is 76.5 Å². The van der Waals surface area contributed by atoms with Crippen LogP contribution in [-0.4, -0.2) is 35.6 Å². The van der Waals surface area contributed by atoms with Crippen molar-refractivity contribution in [2.75, 3.05) is 13.6 Å². The summed E-state index contributed by atoms with van der Waals surface area (Å²) in [4.78, 5) is 13.1. The van der Waals surface area contributed by atoms with Crippen molar-refractivity contribution in [1.29, 1.82) is 0 Å². The molecule has 2 N–H and O–H groups in total. The van der Waals surface area contributed by atoms with Crippen molar-refractivity contribution < 1.29 is 9.32 Å². The van der Waals surface area contributed by atoms with Crippen molar-refractivity contribution in [1.82, 2.24) is 10.1 Å². The molecule has 1 heterocycles. The predicted molar refractivity (Wildman–Crippen MR) is 47.1 cm³/mol. The molecule has 1 aromatic heterocycles. The monoisotopic (exact) mass is 183 g/mol. The first-order valence-electron chi connectivity index (χ1n) is 4.04. The molecule has 5 heteroatoms. The molecule has 1 unspecified atom stereocenters. The molecule has 1 atom stereocenters. The molecule has 0 aliphatic rings. The largest absolute Gasteiger partial charge is 0.351 e. The normalized spacial score (nSPS) is 12.5. The van der Waals surface area contributed by atoms with E-state index in [1.165, 1.54) is 17.2 Å². The lowest BCUT2D eigenvalue weighted by molar-refractivity contribution is 0.0706. The van der Waals surface area contributed by atoms with E-state index in [9.17, 15) is 4.79 Å². The second-order valence-corrected chi connectivity index (χ2v) is 2.88. The Morgan fingerprint density at radius 3 is 3.00 bits per heavy atom. The minimum atomic E-state index is -0.199. The molecule has 0 aliphatic heterocycles. The van der Waals surface area contributed by atoms with Crippen LogP contribution < -0.4 is 5.73 Å². The highest BCUT2D eigenvalue weighted by Crippen LogP contribution is 2.04. The first-order chi connectivity index (χ1) is 6.16. The van der Waals surface area contributed by atoms with Crippen LogP contribution in [0.2, 0.25) is 0 Å². The van der Waals surface area contributed by atoms with Crippen molar-refractivity contribution in [3.8, 4) is 0 Å². The first kappa shape index (κ1) is 9.73. The lowest BCUT2D eigenvalue weighted by Crippen LogP contribution is -2.39. The zero-order chi connectivity index (χ0) is 9.84. The Hall–Kier alpha value is -1.36. The van der Waals surface area contributed by atoms with Gasteiger partial charge in [-0.3, -0.25) is 4.79 Å².